The summed E-state index contributed by atoms with van der Waals surface area (Å²) in [6.07, 6.45) is 3.51. The zero-order valence-electron chi connectivity index (χ0n) is 13.5. The van der Waals surface area contributed by atoms with Crippen molar-refractivity contribution in [3.8, 4) is 15.6 Å². The first-order chi connectivity index (χ1) is 12.7. The third kappa shape index (κ3) is 3.39. The van der Waals surface area contributed by atoms with Crippen LogP contribution in [0, 0.1) is 0 Å². The van der Waals surface area contributed by atoms with Crippen molar-refractivity contribution in [2.45, 2.75) is 5.16 Å². The van der Waals surface area contributed by atoms with Crippen LogP contribution in [0.4, 0.5) is 5.69 Å². The lowest BCUT2D eigenvalue weighted by Gasteiger charge is -2.07. The summed E-state index contributed by atoms with van der Waals surface area (Å²) in [6, 6.07) is 11.3. The number of carbonyl (C=O) groups excluding carboxylic acids is 1. The largest absolute Gasteiger partial charge is 0.321 e. The number of hydrogen-bond donors (Lipinski definition) is 1. The summed E-state index contributed by atoms with van der Waals surface area (Å²) in [5.41, 5.74) is 1.45. The van der Waals surface area contributed by atoms with Crippen LogP contribution >= 0.6 is 34.4 Å². The SMILES string of the molecule is CSc1nnnn1-c1cccc(NC(=O)c2cnc(-c3cccs3)s2)c1. The van der Waals surface area contributed by atoms with Crippen LogP contribution in [0.15, 0.2) is 53.1 Å². The lowest BCUT2D eigenvalue weighted by Crippen LogP contribution is -2.10. The summed E-state index contributed by atoms with van der Waals surface area (Å²) in [6.45, 7) is 0. The number of anilines is 1. The Balaban J connectivity index is 1.54. The second-order valence-corrected chi connectivity index (χ2v) is 7.84. The van der Waals surface area contributed by atoms with Crippen LogP contribution < -0.4 is 5.32 Å². The zero-order chi connectivity index (χ0) is 17.9. The molecule has 26 heavy (non-hydrogen) atoms. The molecule has 0 aliphatic carbocycles. The Kier molecular flexibility index (Phi) is 4.78. The number of tetrazole rings is 1. The Morgan fingerprint density at radius 1 is 1.27 bits per heavy atom. The molecule has 0 aliphatic heterocycles. The fourth-order valence-corrected chi connectivity index (χ4v) is 4.32. The van der Waals surface area contributed by atoms with Gasteiger partial charge in [-0.05, 0) is 46.3 Å². The number of nitrogens with one attached hydrogen (secondary N) is 1. The van der Waals surface area contributed by atoms with E-state index in [2.05, 4.69) is 25.8 Å². The highest BCUT2D eigenvalue weighted by Crippen LogP contribution is 2.29. The Hall–Kier alpha value is -2.56. The van der Waals surface area contributed by atoms with Crippen molar-refractivity contribution in [1.29, 1.82) is 0 Å². The topological polar surface area (TPSA) is 85.6 Å². The number of thiophene rings is 1. The number of thioether (sulfide) groups is 1. The van der Waals surface area contributed by atoms with Gasteiger partial charge in [-0.15, -0.1) is 27.8 Å². The predicted octanol–water partition coefficient (Wildman–Crippen LogP) is 3.82. The maximum Gasteiger partial charge on any atom is 0.267 e. The highest BCUT2D eigenvalue weighted by atomic mass is 32.2. The minimum absolute atomic E-state index is 0.190. The first-order valence-corrected chi connectivity index (χ1v) is 10.4. The maximum absolute atomic E-state index is 12.5. The number of benzene rings is 1. The van der Waals surface area contributed by atoms with Crippen molar-refractivity contribution in [3.05, 3.63) is 52.9 Å². The van der Waals surface area contributed by atoms with Gasteiger partial charge in [0.2, 0.25) is 5.16 Å². The van der Waals surface area contributed by atoms with Crippen molar-refractivity contribution in [2.24, 2.45) is 0 Å². The molecule has 0 fully saturated rings. The molecule has 130 valence electrons. The Morgan fingerprint density at radius 2 is 2.19 bits per heavy atom. The molecule has 0 bridgehead atoms. The van der Waals surface area contributed by atoms with Gasteiger partial charge in [-0.2, -0.15) is 4.68 Å². The normalized spacial score (nSPS) is 10.8. The minimum atomic E-state index is -0.190. The summed E-state index contributed by atoms with van der Waals surface area (Å²) < 4.78 is 1.63. The number of nitrogens with zero attached hydrogens (tertiary/aromatic N) is 5. The van der Waals surface area contributed by atoms with Gasteiger partial charge >= 0.3 is 0 Å². The molecular weight excluding hydrogens is 388 g/mol. The number of rotatable bonds is 5. The van der Waals surface area contributed by atoms with Crippen LogP contribution in [-0.2, 0) is 0 Å². The summed E-state index contributed by atoms with van der Waals surface area (Å²) in [5, 5.41) is 18.0. The van der Waals surface area contributed by atoms with E-state index < -0.39 is 0 Å². The van der Waals surface area contributed by atoms with E-state index in [1.54, 1.807) is 22.2 Å². The van der Waals surface area contributed by atoms with E-state index in [0.29, 0.717) is 15.7 Å². The Labute approximate surface area is 161 Å². The first kappa shape index (κ1) is 16.9. The third-order valence-electron chi connectivity index (χ3n) is 3.43. The molecule has 3 heterocycles. The molecule has 10 heteroatoms. The third-order valence-corrected chi connectivity index (χ3v) is 6.09. The van der Waals surface area contributed by atoms with E-state index in [4.69, 9.17) is 0 Å². The minimum Gasteiger partial charge on any atom is -0.321 e. The molecule has 1 amide bonds. The van der Waals surface area contributed by atoms with E-state index in [1.807, 2.05) is 48.0 Å². The van der Waals surface area contributed by atoms with Crippen LogP contribution in [0.25, 0.3) is 15.6 Å². The molecule has 0 unspecified atom stereocenters. The molecule has 4 rings (SSSR count). The molecule has 0 spiro atoms. The van der Waals surface area contributed by atoms with E-state index in [0.717, 1.165) is 15.6 Å². The molecule has 1 N–H and O–H groups in total. The first-order valence-electron chi connectivity index (χ1n) is 7.48. The van der Waals surface area contributed by atoms with E-state index >= 15 is 0 Å². The van der Waals surface area contributed by atoms with Crippen LogP contribution in [0.2, 0.25) is 0 Å². The molecule has 3 aromatic heterocycles. The quantitative estimate of drug-likeness (QED) is 0.513. The van der Waals surface area contributed by atoms with Crippen molar-refractivity contribution < 1.29 is 4.79 Å². The van der Waals surface area contributed by atoms with Gasteiger partial charge in [0.1, 0.15) is 9.88 Å². The smallest absolute Gasteiger partial charge is 0.267 e. The van der Waals surface area contributed by atoms with Crippen LogP contribution in [-0.4, -0.2) is 37.4 Å². The molecule has 4 aromatic rings. The van der Waals surface area contributed by atoms with Crippen molar-refractivity contribution in [1.82, 2.24) is 25.2 Å². The van der Waals surface area contributed by atoms with Crippen molar-refractivity contribution >= 4 is 46.0 Å². The number of amides is 1. The van der Waals surface area contributed by atoms with Crippen LogP contribution in [0.3, 0.4) is 0 Å². The van der Waals surface area contributed by atoms with E-state index in [1.165, 1.54) is 23.1 Å². The van der Waals surface area contributed by atoms with E-state index in [9.17, 15) is 4.79 Å². The summed E-state index contributed by atoms with van der Waals surface area (Å²) >= 11 is 4.42. The molecule has 0 saturated heterocycles. The van der Waals surface area contributed by atoms with Gasteiger partial charge in [0.25, 0.3) is 5.91 Å². The Bertz CT molecular complexity index is 1040. The molecule has 1 aromatic carbocycles. The van der Waals surface area contributed by atoms with Gasteiger partial charge in [-0.3, -0.25) is 4.79 Å². The van der Waals surface area contributed by atoms with Crippen molar-refractivity contribution in [2.75, 3.05) is 11.6 Å². The number of carbonyl (C=O) groups is 1. The average Bonchev–Trinajstić information content (AvgIpc) is 3.42. The number of thiazole rings is 1. The second kappa shape index (κ2) is 7.36. The highest BCUT2D eigenvalue weighted by molar-refractivity contribution is 7.98. The van der Waals surface area contributed by atoms with Gasteiger partial charge in [-0.1, -0.05) is 23.9 Å². The average molecular weight is 401 g/mol. The monoisotopic (exact) mass is 400 g/mol. The molecule has 0 aliphatic rings. The lowest BCUT2D eigenvalue weighted by atomic mass is 10.2. The molecular formula is C16H12N6OS3. The molecule has 0 saturated carbocycles. The van der Waals surface area contributed by atoms with E-state index in [-0.39, 0.29) is 5.91 Å². The second-order valence-electron chi connectivity index (χ2n) is 5.09. The van der Waals surface area contributed by atoms with Gasteiger partial charge in [0.05, 0.1) is 16.8 Å². The summed E-state index contributed by atoms with van der Waals surface area (Å²) in [4.78, 5) is 18.5. The van der Waals surface area contributed by atoms with Gasteiger partial charge in [0, 0.05) is 5.69 Å². The molecule has 7 nitrogen and oxygen atoms in total. The van der Waals surface area contributed by atoms with Gasteiger partial charge in [0.15, 0.2) is 0 Å². The highest BCUT2D eigenvalue weighted by Gasteiger charge is 2.13. The number of hydrogen-bond acceptors (Lipinski definition) is 8. The fraction of sp³-hybridized carbons (Fsp3) is 0.0625. The van der Waals surface area contributed by atoms with Gasteiger partial charge < -0.3 is 5.32 Å². The maximum atomic E-state index is 12.5. The molecule has 0 radical (unpaired) electrons. The van der Waals surface area contributed by atoms with Crippen LogP contribution in [0.5, 0.6) is 0 Å². The van der Waals surface area contributed by atoms with Crippen molar-refractivity contribution in [3.63, 3.8) is 0 Å². The Morgan fingerprint density at radius 3 is 3.00 bits per heavy atom. The summed E-state index contributed by atoms with van der Waals surface area (Å²) in [7, 11) is 0. The summed E-state index contributed by atoms with van der Waals surface area (Å²) in [5.74, 6) is -0.190. The fourth-order valence-electron chi connectivity index (χ4n) is 2.27. The standard InChI is InChI=1S/C16H12N6OS3/c1-24-16-19-20-21-22(16)11-5-2-4-10(8-11)18-14(23)13-9-17-15(26-13)12-6-3-7-25-12/h2-9H,1H3,(H,18,23). The van der Waals surface area contributed by atoms with Crippen LogP contribution in [0.1, 0.15) is 9.67 Å². The predicted molar refractivity (Wildman–Crippen MR) is 104 cm³/mol. The van der Waals surface area contributed by atoms with Gasteiger partial charge in [-0.25, -0.2) is 4.98 Å². The zero-order valence-corrected chi connectivity index (χ0v) is 15.9. The number of aromatic nitrogens is 5. The lowest BCUT2D eigenvalue weighted by molar-refractivity contribution is 0.103. The molecule has 0 atom stereocenters.